The molecule has 0 radical (unpaired) electrons. The molecule has 202 valence electrons. The van der Waals surface area contributed by atoms with E-state index in [1.165, 1.54) is 29.4 Å². The quantitative estimate of drug-likeness (QED) is 0.295. The van der Waals surface area contributed by atoms with Crippen molar-refractivity contribution in [3.05, 3.63) is 73.8 Å². The predicted molar refractivity (Wildman–Crippen MR) is 145 cm³/mol. The van der Waals surface area contributed by atoms with Gasteiger partial charge in [-0.05, 0) is 61.1 Å². The zero-order valence-corrected chi connectivity index (χ0v) is 22.9. The largest absolute Gasteiger partial charge is 0.393 e. The zero-order chi connectivity index (χ0) is 27.0. The molecule has 0 amide bonds. The van der Waals surface area contributed by atoms with Gasteiger partial charge < -0.3 is 15.7 Å². The maximum atomic E-state index is 13.6. The van der Waals surface area contributed by atoms with Gasteiger partial charge in [0.2, 0.25) is 5.78 Å². The number of hydrogen-bond acceptors (Lipinski definition) is 10. The minimum Gasteiger partial charge on any atom is -0.393 e. The third-order valence-corrected chi connectivity index (χ3v) is 8.82. The Morgan fingerprint density at radius 2 is 2.13 bits per heavy atom. The highest BCUT2D eigenvalue weighted by atomic mass is 35.5. The van der Waals surface area contributed by atoms with Crippen LogP contribution in [0.3, 0.4) is 0 Å². The summed E-state index contributed by atoms with van der Waals surface area (Å²) in [6, 6.07) is 7.57. The highest BCUT2D eigenvalue weighted by molar-refractivity contribution is 7.84. The lowest BCUT2D eigenvalue weighted by Gasteiger charge is -2.27. The molecule has 2 aromatic heterocycles. The third kappa shape index (κ3) is 5.91. The molecule has 5 rings (SSSR count). The first kappa shape index (κ1) is 27.1. The molecule has 38 heavy (non-hydrogen) atoms. The number of carbonyl (C=O) groups is 1. The van der Waals surface area contributed by atoms with E-state index in [9.17, 15) is 18.3 Å². The lowest BCUT2D eigenvalue weighted by Crippen LogP contribution is -2.30. The molecule has 4 atom stereocenters. The zero-order valence-electron chi connectivity index (χ0n) is 20.6. The van der Waals surface area contributed by atoms with Gasteiger partial charge in [-0.2, -0.15) is 8.42 Å². The van der Waals surface area contributed by atoms with Crippen molar-refractivity contribution >= 4 is 44.8 Å². The molecule has 3 aromatic rings. The number of rotatable bonds is 8. The fraction of sp³-hybridized carbons (Fsp3) is 0.400. The summed E-state index contributed by atoms with van der Waals surface area (Å²) in [4.78, 5) is 23.6. The Kier molecular flexibility index (Phi) is 7.83. The van der Waals surface area contributed by atoms with E-state index in [0.29, 0.717) is 34.1 Å². The maximum Gasteiger partial charge on any atom is 0.333 e. The summed E-state index contributed by atoms with van der Waals surface area (Å²) in [5.74, 6) is -0.272. The molecular weight excluding hydrogens is 550 g/mol. The third-order valence-electron chi connectivity index (χ3n) is 7.05. The lowest BCUT2D eigenvalue weighted by molar-refractivity contribution is 0.101. The summed E-state index contributed by atoms with van der Waals surface area (Å²) < 4.78 is 26.9. The molecule has 10 nitrogen and oxygen atoms in total. The van der Waals surface area contributed by atoms with E-state index >= 15 is 0 Å². The van der Waals surface area contributed by atoms with Gasteiger partial charge >= 0.3 is 10.3 Å². The number of thiophene rings is 1. The molecule has 1 fully saturated rings. The van der Waals surface area contributed by atoms with Gasteiger partial charge in [-0.15, -0.1) is 11.3 Å². The van der Waals surface area contributed by atoms with E-state index in [1.807, 2.05) is 25.1 Å². The van der Waals surface area contributed by atoms with Crippen LogP contribution in [0.4, 0.5) is 5.82 Å². The topological polar surface area (TPSA) is 157 Å². The Morgan fingerprint density at radius 3 is 2.92 bits per heavy atom. The summed E-state index contributed by atoms with van der Waals surface area (Å²) in [6.07, 6.45) is 3.73. The standard InChI is InChI=1S/C25H28ClN5O5S2/c1-13-18(23-19-7-16(26)3-2-14(19)4-5-29-23)9-22(37-13)24(33)20-10-28-12-30-25(20)31-17-6-15(21(32)8-17)11-36-38(27,34)35/h2-3,7,9-10,12,15,17,21,23,29,32H,4-6,8,11H2,1H3,(H2,27,34,35)(H,28,30,31). The van der Waals surface area contributed by atoms with Crippen LogP contribution in [0.5, 0.6) is 0 Å². The number of aromatic nitrogens is 2. The molecular formula is C25H28ClN5O5S2. The number of aryl methyl sites for hydroxylation is 1. The summed E-state index contributed by atoms with van der Waals surface area (Å²) >= 11 is 7.71. The number of carbonyl (C=O) groups excluding carboxylic acids is 1. The number of halogens is 1. The molecule has 1 aromatic carbocycles. The second-order valence-electron chi connectivity index (χ2n) is 9.63. The van der Waals surface area contributed by atoms with E-state index < -0.39 is 22.3 Å². The number of hydrogen-bond donors (Lipinski definition) is 4. The van der Waals surface area contributed by atoms with Crippen molar-refractivity contribution in [1.29, 1.82) is 0 Å². The fourth-order valence-electron chi connectivity index (χ4n) is 5.21. The Hall–Kier alpha value is -2.45. The van der Waals surface area contributed by atoms with Crippen molar-refractivity contribution in [3.8, 4) is 0 Å². The smallest absolute Gasteiger partial charge is 0.333 e. The van der Waals surface area contributed by atoms with Crippen molar-refractivity contribution < 1.29 is 22.5 Å². The summed E-state index contributed by atoms with van der Waals surface area (Å²) in [7, 11) is -4.10. The van der Waals surface area contributed by atoms with Crippen LogP contribution >= 0.6 is 22.9 Å². The number of anilines is 1. The average Bonchev–Trinajstić information content (AvgIpc) is 3.43. The van der Waals surface area contributed by atoms with Crippen LogP contribution in [0.15, 0.2) is 36.8 Å². The van der Waals surface area contributed by atoms with Crippen molar-refractivity contribution in [1.82, 2.24) is 15.3 Å². The highest BCUT2D eigenvalue weighted by Crippen LogP contribution is 2.37. The molecule has 1 saturated carbocycles. The Balaban J connectivity index is 1.35. The number of nitrogens with zero attached hydrogens (tertiary/aromatic N) is 2. The number of ketones is 1. The van der Waals surface area contributed by atoms with Crippen LogP contribution in [-0.4, -0.2) is 54.6 Å². The molecule has 1 aliphatic carbocycles. The second kappa shape index (κ2) is 11.0. The number of fused-ring (bicyclic) bond motifs is 1. The first-order valence-corrected chi connectivity index (χ1v) is 14.8. The molecule has 1 aliphatic heterocycles. The molecule has 0 saturated heterocycles. The van der Waals surface area contributed by atoms with Gasteiger partial charge in [0.15, 0.2) is 0 Å². The van der Waals surface area contributed by atoms with Crippen molar-refractivity contribution in [2.24, 2.45) is 11.1 Å². The molecule has 3 heterocycles. The van der Waals surface area contributed by atoms with Crippen molar-refractivity contribution in [2.45, 2.75) is 44.4 Å². The van der Waals surface area contributed by atoms with Crippen LogP contribution in [-0.2, 0) is 20.9 Å². The number of benzene rings is 1. The summed E-state index contributed by atoms with van der Waals surface area (Å²) in [5.41, 5.74) is 3.71. The second-order valence-corrected chi connectivity index (χ2v) is 12.5. The predicted octanol–water partition coefficient (Wildman–Crippen LogP) is 2.74. The molecule has 13 heteroatoms. The van der Waals surface area contributed by atoms with Gasteiger partial charge in [-0.3, -0.25) is 8.98 Å². The Bertz CT molecular complexity index is 1460. The maximum absolute atomic E-state index is 13.6. The highest BCUT2D eigenvalue weighted by Gasteiger charge is 2.35. The van der Waals surface area contributed by atoms with Gasteiger partial charge in [-0.1, -0.05) is 17.7 Å². The number of nitrogens with one attached hydrogen (secondary N) is 2. The Morgan fingerprint density at radius 1 is 1.32 bits per heavy atom. The molecule has 2 aliphatic rings. The van der Waals surface area contributed by atoms with E-state index in [1.54, 1.807) is 0 Å². The minimum atomic E-state index is -4.10. The summed E-state index contributed by atoms with van der Waals surface area (Å²) in [6.45, 7) is 2.62. The van der Waals surface area contributed by atoms with E-state index in [4.69, 9.17) is 16.7 Å². The van der Waals surface area contributed by atoms with E-state index in [-0.39, 0.29) is 24.5 Å². The lowest BCUT2D eigenvalue weighted by atomic mass is 9.90. The molecule has 5 N–H and O–H groups in total. The molecule has 0 bridgehead atoms. The van der Waals surface area contributed by atoms with E-state index in [2.05, 4.69) is 30.9 Å². The molecule has 4 unspecified atom stereocenters. The van der Waals surface area contributed by atoms with Gasteiger partial charge in [0.1, 0.15) is 12.1 Å². The van der Waals surface area contributed by atoms with Crippen LogP contribution in [0, 0.1) is 12.8 Å². The first-order chi connectivity index (χ1) is 18.1. The number of nitrogens with two attached hydrogens (primary N) is 1. The first-order valence-electron chi connectivity index (χ1n) is 12.2. The molecule has 0 spiro atoms. The van der Waals surface area contributed by atoms with E-state index in [0.717, 1.165) is 29.0 Å². The number of aliphatic hydroxyl groups excluding tert-OH is 1. The summed E-state index contributed by atoms with van der Waals surface area (Å²) in [5, 5.41) is 22.7. The van der Waals surface area contributed by atoms with Crippen molar-refractivity contribution in [2.75, 3.05) is 18.5 Å². The van der Waals surface area contributed by atoms with Crippen molar-refractivity contribution in [3.63, 3.8) is 0 Å². The average molecular weight is 578 g/mol. The van der Waals surface area contributed by atoms with Crippen LogP contribution in [0.2, 0.25) is 5.02 Å². The van der Waals surface area contributed by atoms with Crippen LogP contribution < -0.4 is 15.8 Å². The monoisotopic (exact) mass is 577 g/mol. The van der Waals surface area contributed by atoms with Crippen LogP contribution in [0.1, 0.15) is 55.7 Å². The Labute approximate surface area is 229 Å². The minimum absolute atomic E-state index is 0.0590. The van der Waals surface area contributed by atoms with Gasteiger partial charge in [0, 0.05) is 34.6 Å². The van der Waals surface area contributed by atoms with Crippen LogP contribution in [0.25, 0.3) is 0 Å². The van der Waals surface area contributed by atoms with Gasteiger partial charge in [0.05, 0.1) is 29.2 Å². The SMILES string of the molecule is Cc1sc(C(=O)c2cncnc2NC2CC(O)C(COS(N)(=O)=O)C2)cc1C1NCCc2ccc(Cl)cc21. The fourth-order valence-corrected chi connectivity index (χ4v) is 6.77. The number of aliphatic hydroxyl groups is 1. The van der Waals surface area contributed by atoms with Gasteiger partial charge in [0.25, 0.3) is 0 Å². The van der Waals surface area contributed by atoms with Gasteiger partial charge in [-0.25, -0.2) is 15.1 Å². The normalized spacial score (nSPS) is 23.3.